The van der Waals surface area contributed by atoms with Crippen LogP contribution in [0.4, 0.5) is 0 Å². The number of carboxylic acid groups (broad SMARTS) is 1. The molecule has 0 fully saturated rings. The molecule has 0 saturated heterocycles. The van der Waals surface area contributed by atoms with Crippen molar-refractivity contribution >= 4 is 17.0 Å². The molecule has 0 spiro atoms. The lowest BCUT2D eigenvalue weighted by atomic mass is 10.2. The number of carbonyl (C=O) groups is 1. The predicted octanol–water partition coefficient (Wildman–Crippen LogP) is 1.27. The Labute approximate surface area is 79.3 Å². The van der Waals surface area contributed by atoms with Crippen LogP contribution in [0.15, 0.2) is 18.2 Å². The van der Waals surface area contributed by atoms with Crippen molar-refractivity contribution in [2.24, 2.45) is 0 Å². The molecule has 0 aliphatic heterocycles. The Morgan fingerprint density at radius 2 is 2.36 bits per heavy atom. The van der Waals surface area contributed by atoms with E-state index >= 15 is 0 Å². The first kappa shape index (κ1) is 8.55. The Balaban J connectivity index is 2.73. The lowest BCUT2D eigenvalue weighted by Crippen LogP contribution is -1.96. The molecule has 2 N–H and O–H groups in total. The SMILES string of the molecule is COc1nc2c(C(=O)O)cccc2[nH]1. The molecule has 2 rings (SSSR count). The number of benzene rings is 1. The molecule has 0 amide bonds. The van der Waals surface area contributed by atoms with Crippen molar-refractivity contribution in [2.75, 3.05) is 7.11 Å². The topological polar surface area (TPSA) is 75.2 Å². The smallest absolute Gasteiger partial charge is 0.337 e. The van der Waals surface area contributed by atoms with Crippen molar-refractivity contribution in [3.8, 4) is 6.01 Å². The predicted molar refractivity (Wildman–Crippen MR) is 49.6 cm³/mol. The number of aromatic amines is 1. The fourth-order valence-electron chi connectivity index (χ4n) is 1.28. The summed E-state index contributed by atoms with van der Waals surface area (Å²) >= 11 is 0. The molecule has 5 nitrogen and oxygen atoms in total. The molecule has 1 heterocycles. The van der Waals surface area contributed by atoms with Gasteiger partial charge >= 0.3 is 5.97 Å². The van der Waals surface area contributed by atoms with Gasteiger partial charge in [-0.25, -0.2) is 4.79 Å². The third kappa shape index (κ3) is 1.19. The van der Waals surface area contributed by atoms with Gasteiger partial charge in [0.25, 0.3) is 6.01 Å². The molecule has 0 unspecified atom stereocenters. The minimum Gasteiger partial charge on any atom is -0.478 e. The molecule has 0 bridgehead atoms. The molecule has 2 aromatic rings. The number of H-pyrrole nitrogens is 1. The highest BCUT2D eigenvalue weighted by Gasteiger charge is 2.11. The van der Waals surface area contributed by atoms with Crippen LogP contribution in [-0.4, -0.2) is 28.2 Å². The highest BCUT2D eigenvalue weighted by atomic mass is 16.5. The number of carboxylic acids is 1. The molecule has 5 heteroatoms. The maximum Gasteiger partial charge on any atom is 0.337 e. The van der Waals surface area contributed by atoms with Crippen molar-refractivity contribution < 1.29 is 14.6 Å². The van der Waals surface area contributed by atoms with Gasteiger partial charge in [0, 0.05) is 0 Å². The summed E-state index contributed by atoms with van der Waals surface area (Å²) in [7, 11) is 1.47. The van der Waals surface area contributed by atoms with Crippen LogP contribution in [0, 0.1) is 0 Å². The van der Waals surface area contributed by atoms with Crippen LogP contribution >= 0.6 is 0 Å². The second-order valence-electron chi connectivity index (χ2n) is 2.75. The van der Waals surface area contributed by atoms with E-state index in [4.69, 9.17) is 9.84 Å². The standard InChI is InChI=1S/C9H8N2O3/c1-14-9-10-6-4-2-3-5(8(12)13)7(6)11-9/h2-4H,1H3,(H,10,11)(H,12,13). The first-order chi connectivity index (χ1) is 6.72. The number of aromatic carboxylic acids is 1. The lowest BCUT2D eigenvalue weighted by molar-refractivity contribution is 0.0699. The van der Waals surface area contributed by atoms with E-state index in [2.05, 4.69) is 9.97 Å². The van der Waals surface area contributed by atoms with Gasteiger partial charge in [-0.05, 0) is 12.1 Å². The summed E-state index contributed by atoms with van der Waals surface area (Å²) < 4.78 is 4.87. The van der Waals surface area contributed by atoms with E-state index in [1.54, 1.807) is 12.1 Å². The summed E-state index contributed by atoms with van der Waals surface area (Å²) in [5, 5.41) is 8.87. The number of methoxy groups -OCH3 is 1. The van der Waals surface area contributed by atoms with Crippen LogP contribution in [-0.2, 0) is 0 Å². The van der Waals surface area contributed by atoms with Crippen molar-refractivity contribution in [3.63, 3.8) is 0 Å². The van der Waals surface area contributed by atoms with Crippen molar-refractivity contribution in [1.29, 1.82) is 0 Å². The number of rotatable bonds is 2. The Morgan fingerprint density at radius 3 is 3.00 bits per heavy atom. The third-order valence-electron chi connectivity index (χ3n) is 1.91. The zero-order valence-electron chi connectivity index (χ0n) is 7.44. The van der Waals surface area contributed by atoms with E-state index in [1.165, 1.54) is 13.2 Å². The van der Waals surface area contributed by atoms with Crippen molar-refractivity contribution in [1.82, 2.24) is 9.97 Å². The fraction of sp³-hybridized carbons (Fsp3) is 0.111. The van der Waals surface area contributed by atoms with Gasteiger partial charge in [0.2, 0.25) is 0 Å². The Kier molecular flexibility index (Phi) is 1.85. The second kappa shape index (κ2) is 3.02. The summed E-state index contributed by atoms with van der Waals surface area (Å²) in [5.41, 5.74) is 1.24. The summed E-state index contributed by atoms with van der Waals surface area (Å²) in [4.78, 5) is 17.7. The molecule has 0 saturated carbocycles. The van der Waals surface area contributed by atoms with Crippen LogP contribution < -0.4 is 4.74 Å². The molecular formula is C9H8N2O3. The van der Waals surface area contributed by atoms with E-state index in [0.717, 1.165) is 0 Å². The molecule has 0 radical (unpaired) electrons. The summed E-state index contributed by atoms with van der Waals surface area (Å²) in [6.07, 6.45) is 0. The van der Waals surface area contributed by atoms with Crippen LogP contribution in [0.25, 0.3) is 11.0 Å². The van der Waals surface area contributed by atoms with E-state index in [-0.39, 0.29) is 5.56 Å². The number of aromatic nitrogens is 2. The van der Waals surface area contributed by atoms with Gasteiger partial charge in [-0.2, -0.15) is 4.98 Å². The maximum absolute atomic E-state index is 10.8. The van der Waals surface area contributed by atoms with E-state index in [1.807, 2.05) is 0 Å². The molecular weight excluding hydrogens is 184 g/mol. The average Bonchev–Trinajstić information content (AvgIpc) is 2.59. The van der Waals surface area contributed by atoms with E-state index < -0.39 is 5.97 Å². The summed E-state index contributed by atoms with van der Waals surface area (Å²) in [6.45, 7) is 0. The Bertz CT molecular complexity index is 490. The molecule has 1 aromatic heterocycles. The highest BCUT2D eigenvalue weighted by molar-refractivity contribution is 6.01. The Morgan fingerprint density at radius 1 is 1.57 bits per heavy atom. The minimum atomic E-state index is -0.996. The van der Waals surface area contributed by atoms with E-state index in [9.17, 15) is 4.79 Å². The van der Waals surface area contributed by atoms with Gasteiger partial charge in [0.1, 0.15) is 5.52 Å². The van der Waals surface area contributed by atoms with Crippen LogP contribution in [0.1, 0.15) is 10.4 Å². The van der Waals surface area contributed by atoms with Gasteiger partial charge < -0.3 is 14.8 Å². The van der Waals surface area contributed by atoms with Gasteiger partial charge in [-0.3, -0.25) is 0 Å². The van der Waals surface area contributed by atoms with Gasteiger partial charge in [-0.1, -0.05) is 6.07 Å². The quantitative estimate of drug-likeness (QED) is 0.751. The zero-order chi connectivity index (χ0) is 10.1. The van der Waals surface area contributed by atoms with Crippen molar-refractivity contribution in [2.45, 2.75) is 0 Å². The number of nitrogens with zero attached hydrogens (tertiary/aromatic N) is 1. The van der Waals surface area contributed by atoms with Crippen molar-refractivity contribution in [3.05, 3.63) is 23.8 Å². The van der Waals surface area contributed by atoms with Gasteiger partial charge in [0.05, 0.1) is 18.2 Å². The first-order valence-electron chi connectivity index (χ1n) is 3.98. The highest BCUT2D eigenvalue weighted by Crippen LogP contribution is 2.19. The molecule has 14 heavy (non-hydrogen) atoms. The number of hydrogen-bond donors (Lipinski definition) is 2. The minimum absolute atomic E-state index is 0.169. The van der Waals surface area contributed by atoms with Crippen LogP contribution in [0.3, 0.4) is 0 Å². The summed E-state index contributed by atoms with van der Waals surface area (Å²) in [6, 6.07) is 5.22. The number of fused-ring (bicyclic) bond motifs is 1. The Hall–Kier alpha value is -2.04. The van der Waals surface area contributed by atoms with E-state index in [0.29, 0.717) is 17.0 Å². The molecule has 1 aromatic carbocycles. The van der Waals surface area contributed by atoms with Gasteiger partial charge in [0.15, 0.2) is 0 Å². The molecule has 0 atom stereocenters. The second-order valence-corrected chi connectivity index (χ2v) is 2.75. The zero-order valence-corrected chi connectivity index (χ0v) is 7.44. The number of imidazole rings is 1. The summed E-state index contributed by atoms with van der Waals surface area (Å²) in [5.74, 6) is -0.996. The largest absolute Gasteiger partial charge is 0.478 e. The van der Waals surface area contributed by atoms with Crippen LogP contribution in [0.2, 0.25) is 0 Å². The molecule has 0 aliphatic rings. The number of nitrogens with one attached hydrogen (secondary N) is 1. The number of ether oxygens (including phenoxy) is 1. The van der Waals surface area contributed by atoms with Crippen LogP contribution in [0.5, 0.6) is 6.01 Å². The molecule has 0 aliphatic carbocycles. The fourth-order valence-corrected chi connectivity index (χ4v) is 1.28. The first-order valence-corrected chi connectivity index (χ1v) is 3.98. The monoisotopic (exact) mass is 192 g/mol. The lowest BCUT2D eigenvalue weighted by Gasteiger charge is -1.93. The van der Waals surface area contributed by atoms with Gasteiger partial charge in [-0.15, -0.1) is 0 Å². The third-order valence-corrected chi connectivity index (χ3v) is 1.91. The maximum atomic E-state index is 10.8. The number of para-hydroxylation sites is 1. The number of hydrogen-bond acceptors (Lipinski definition) is 3. The normalized spacial score (nSPS) is 10.4. The molecule has 72 valence electrons. The average molecular weight is 192 g/mol.